The highest BCUT2D eigenvalue weighted by Crippen LogP contribution is 2.43. The Kier molecular flexibility index (Phi) is 8.25. The maximum atomic E-state index is 11.9. The van der Waals surface area contributed by atoms with Crippen molar-refractivity contribution in [1.29, 1.82) is 0 Å². The second-order valence-corrected chi connectivity index (χ2v) is 6.82. The van der Waals surface area contributed by atoms with Gasteiger partial charge in [0.25, 0.3) is 0 Å². The van der Waals surface area contributed by atoms with Crippen LogP contribution in [0.4, 0.5) is 9.59 Å². The van der Waals surface area contributed by atoms with Crippen LogP contribution in [-0.4, -0.2) is 78.0 Å². The molecule has 2 aliphatic rings. The van der Waals surface area contributed by atoms with E-state index in [-0.39, 0.29) is 38.0 Å². The Labute approximate surface area is 173 Å². The normalized spacial score (nSPS) is 20.7. The van der Waals surface area contributed by atoms with Gasteiger partial charge in [0.15, 0.2) is 0 Å². The molecule has 2 aliphatic heterocycles. The number of hydrogen-bond donors (Lipinski definition) is 4. The average molecular weight is 425 g/mol. The van der Waals surface area contributed by atoms with Crippen molar-refractivity contribution in [2.24, 2.45) is 5.92 Å². The van der Waals surface area contributed by atoms with Crippen molar-refractivity contribution in [3.05, 3.63) is 36.6 Å². The summed E-state index contributed by atoms with van der Waals surface area (Å²) in [4.78, 5) is 40.9. The first kappa shape index (κ1) is 23.2. The number of carbonyl (C=O) groups excluding carboxylic acids is 2. The Morgan fingerprint density at radius 2 is 1.73 bits per heavy atom. The van der Waals surface area contributed by atoms with Crippen molar-refractivity contribution in [2.45, 2.75) is 31.6 Å². The first-order valence-corrected chi connectivity index (χ1v) is 9.43. The third kappa shape index (κ3) is 5.51. The summed E-state index contributed by atoms with van der Waals surface area (Å²) < 4.78 is 9.74. The summed E-state index contributed by atoms with van der Waals surface area (Å²) in [6.07, 6.45) is 0.404. The van der Waals surface area contributed by atoms with Gasteiger partial charge in [-0.2, -0.15) is 0 Å². The zero-order valence-electron chi connectivity index (χ0n) is 16.7. The van der Waals surface area contributed by atoms with Crippen LogP contribution in [-0.2, 0) is 19.1 Å². The van der Waals surface area contributed by atoms with Crippen LogP contribution in [0.25, 0.3) is 0 Å². The van der Waals surface area contributed by atoms with Gasteiger partial charge in [0, 0.05) is 19.0 Å². The lowest BCUT2D eigenvalue weighted by atomic mass is 9.91. The van der Waals surface area contributed by atoms with Gasteiger partial charge in [-0.1, -0.05) is 25.3 Å². The van der Waals surface area contributed by atoms with Gasteiger partial charge in [-0.15, -0.1) is 0 Å². The van der Waals surface area contributed by atoms with E-state index in [1.807, 2.05) is 0 Å². The number of aliphatic hydroxyl groups is 1. The van der Waals surface area contributed by atoms with E-state index in [9.17, 15) is 24.6 Å². The standard InChI is InChI=1S/C19H27N3O8/c1-4-6-28-18(26)20-9-12(10-21-19(27)29-7-5-2)13-8-14-16(11(3)23)30-22(14)15(13)17(24)25/h4-5,11-12,14,16,23H,1-2,6-10H2,3H3,(H,20,26)(H,21,27)(H,24,25)/t11-,14-,16-/m1/s1. The largest absolute Gasteiger partial charge is 0.477 e. The third-order valence-electron chi connectivity index (χ3n) is 4.69. The molecule has 0 radical (unpaired) electrons. The van der Waals surface area contributed by atoms with Crippen molar-refractivity contribution < 1.29 is 38.9 Å². The van der Waals surface area contributed by atoms with Crippen LogP contribution < -0.4 is 10.6 Å². The Morgan fingerprint density at radius 3 is 2.17 bits per heavy atom. The first-order chi connectivity index (χ1) is 14.3. The molecule has 0 aromatic rings. The van der Waals surface area contributed by atoms with Gasteiger partial charge in [-0.25, -0.2) is 19.4 Å². The molecule has 0 unspecified atom stereocenters. The molecular formula is C19H27N3O8. The molecular weight excluding hydrogens is 398 g/mol. The predicted octanol–water partition coefficient (Wildman–Crippen LogP) is 0.535. The number of fused-ring (bicyclic) bond motifs is 1. The molecule has 0 bridgehead atoms. The number of alkyl carbamates (subject to hydrolysis) is 2. The smallest absolute Gasteiger partial charge is 0.407 e. The fraction of sp³-hybridized carbons (Fsp3) is 0.526. The van der Waals surface area contributed by atoms with Crippen LogP contribution in [0.5, 0.6) is 0 Å². The minimum atomic E-state index is -1.20. The summed E-state index contributed by atoms with van der Waals surface area (Å²) in [5.41, 5.74) is 0.410. The molecule has 166 valence electrons. The van der Waals surface area contributed by atoms with Crippen LogP contribution in [0.15, 0.2) is 36.6 Å². The minimum absolute atomic E-state index is 0.00370. The minimum Gasteiger partial charge on any atom is -0.477 e. The number of hydrogen-bond acceptors (Lipinski definition) is 8. The van der Waals surface area contributed by atoms with Gasteiger partial charge >= 0.3 is 18.2 Å². The topological polar surface area (TPSA) is 147 Å². The van der Waals surface area contributed by atoms with Crippen LogP contribution in [0.1, 0.15) is 13.3 Å². The Bertz CT molecular complexity index is 693. The van der Waals surface area contributed by atoms with Crippen molar-refractivity contribution in [3.63, 3.8) is 0 Å². The Hall–Kier alpha value is -3.05. The van der Waals surface area contributed by atoms with Gasteiger partial charge in [0.2, 0.25) is 0 Å². The molecule has 0 aromatic heterocycles. The van der Waals surface area contributed by atoms with E-state index in [1.165, 1.54) is 17.2 Å². The number of nitrogens with zero attached hydrogens (tertiary/aromatic N) is 1. The molecule has 3 atom stereocenters. The van der Waals surface area contributed by atoms with Crippen LogP contribution in [0.3, 0.4) is 0 Å². The second kappa shape index (κ2) is 10.6. The summed E-state index contributed by atoms with van der Waals surface area (Å²) in [5.74, 6) is -1.78. The third-order valence-corrected chi connectivity index (χ3v) is 4.69. The van der Waals surface area contributed by atoms with Crippen molar-refractivity contribution in [3.8, 4) is 0 Å². The summed E-state index contributed by atoms with van der Waals surface area (Å²) in [6, 6.07) is -0.339. The van der Waals surface area contributed by atoms with E-state index < -0.39 is 36.3 Å². The maximum absolute atomic E-state index is 11.9. The highest BCUT2D eigenvalue weighted by molar-refractivity contribution is 5.88. The van der Waals surface area contributed by atoms with Gasteiger partial charge in [0.1, 0.15) is 25.0 Å². The highest BCUT2D eigenvalue weighted by atomic mass is 16.7. The van der Waals surface area contributed by atoms with E-state index >= 15 is 0 Å². The van der Waals surface area contributed by atoms with E-state index in [4.69, 9.17) is 14.3 Å². The molecule has 4 N–H and O–H groups in total. The lowest BCUT2D eigenvalue weighted by Crippen LogP contribution is -2.59. The highest BCUT2D eigenvalue weighted by Gasteiger charge is 2.53. The van der Waals surface area contributed by atoms with Crippen molar-refractivity contribution in [1.82, 2.24) is 15.7 Å². The second-order valence-electron chi connectivity index (χ2n) is 6.82. The van der Waals surface area contributed by atoms with Crippen molar-refractivity contribution >= 4 is 18.2 Å². The molecule has 0 aliphatic carbocycles. The Balaban J connectivity index is 2.15. The molecule has 2 amide bonds. The van der Waals surface area contributed by atoms with E-state index in [1.54, 1.807) is 6.92 Å². The number of rotatable bonds is 11. The summed E-state index contributed by atoms with van der Waals surface area (Å²) in [7, 11) is 0. The van der Waals surface area contributed by atoms with Gasteiger partial charge in [-0.05, 0) is 18.9 Å². The zero-order valence-corrected chi connectivity index (χ0v) is 16.7. The summed E-state index contributed by atoms with van der Waals surface area (Å²) in [5, 5.41) is 25.8. The maximum Gasteiger partial charge on any atom is 0.407 e. The lowest BCUT2D eigenvalue weighted by molar-refractivity contribution is -0.328. The van der Waals surface area contributed by atoms with Crippen LogP contribution in [0, 0.1) is 5.92 Å². The molecule has 30 heavy (non-hydrogen) atoms. The Morgan fingerprint density at radius 1 is 1.20 bits per heavy atom. The van der Waals surface area contributed by atoms with Crippen molar-refractivity contribution in [2.75, 3.05) is 26.3 Å². The lowest BCUT2D eigenvalue weighted by Gasteiger charge is -2.45. The van der Waals surface area contributed by atoms with Crippen LogP contribution in [0.2, 0.25) is 0 Å². The number of carboxylic acids is 1. The van der Waals surface area contributed by atoms with E-state index in [0.717, 1.165) is 0 Å². The molecule has 1 saturated heterocycles. The van der Waals surface area contributed by atoms with Gasteiger partial charge < -0.3 is 30.3 Å². The zero-order chi connectivity index (χ0) is 22.3. The number of aliphatic carboxylic acids is 1. The average Bonchev–Trinajstić information content (AvgIpc) is 2.96. The number of carbonyl (C=O) groups is 3. The monoisotopic (exact) mass is 425 g/mol. The molecule has 0 spiro atoms. The van der Waals surface area contributed by atoms with Gasteiger partial charge in [-0.3, -0.25) is 4.84 Å². The molecule has 11 nitrogen and oxygen atoms in total. The quantitative estimate of drug-likeness (QED) is 0.348. The number of aliphatic hydroxyl groups excluding tert-OH is 1. The molecule has 2 heterocycles. The number of amides is 2. The molecule has 11 heteroatoms. The van der Waals surface area contributed by atoms with Gasteiger partial charge in [0.05, 0.1) is 12.1 Å². The SMILES string of the molecule is C=CCOC(=O)NCC(CNC(=O)OCC=C)C1=C(C(=O)O)N2O[C@H]([C@@H](C)O)[C@H]2C1. The fourth-order valence-corrected chi connectivity index (χ4v) is 3.34. The molecule has 0 aromatic carbocycles. The summed E-state index contributed by atoms with van der Waals surface area (Å²) in [6.45, 7) is 8.51. The predicted molar refractivity (Wildman–Crippen MR) is 104 cm³/mol. The molecule has 0 saturated carbocycles. The van der Waals surface area contributed by atoms with E-state index in [0.29, 0.717) is 12.0 Å². The number of carboxylic acid groups (broad SMARTS) is 1. The fourth-order valence-electron chi connectivity index (χ4n) is 3.34. The number of hydroxylamine groups is 2. The number of ether oxygens (including phenoxy) is 2. The summed E-state index contributed by atoms with van der Waals surface area (Å²) >= 11 is 0. The van der Waals surface area contributed by atoms with E-state index in [2.05, 4.69) is 23.8 Å². The first-order valence-electron chi connectivity index (χ1n) is 9.43. The number of nitrogens with one attached hydrogen (secondary N) is 2. The molecule has 1 fully saturated rings. The van der Waals surface area contributed by atoms with Crippen LogP contribution >= 0.6 is 0 Å². The molecule has 2 rings (SSSR count).